The zero-order valence-corrected chi connectivity index (χ0v) is 14.0. The van der Waals surface area contributed by atoms with Gasteiger partial charge in [0.25, 0.3) is 0 Å². The lowest BCUT2D eigenvalue weighted by atomic mass is 9.77. The number of aromatic nitrogens is 1. The fourth-order valence-corrected chi connectivity index (χ4v) is 4.26. The molecule has 3 aliphatic heterocycles. The largest absolute Gasteiger partial charge is 0.380 e. The summed E-state index contributed by atoms with van der Waals surface area (Å²) in [7, 11) is 0. The first-order valence-corrected chi connectivity index (χ1v) is 8.81. The normalized spacial score (nSPS) is 30.5. The van der Waals surface area contributed by atoms with E-state index >= 15 is 0 Å². The average Bonchev–Trinajstić information content (AvgIpc) is 3.12. The molecular formula is C18H25N3O3. The van der Waals surface area contributed by atoms with Gasteiger partial charge in [-0.25, -0.2) is 0 Å². The third-order valence-corrected chi connectivity index (χ3v) is 5.57. The number of rotatable bonds is 4. The number of pyridine rings is 1. The van der Waals surface area contributed by atoms with Gasteiger partial charge in [0.1, 0.15) is 0 Å². The van der Waals surface area contributed by atoms with Gasteiger partial charge in [-0.2, -0.15) is 0 Å². The van der Waals surface area contributed by atoms with Gasteiger partial charge in [0.05, 0.1) is 32.1 Å². The van der Waals surface area contributed by atoms with Crippen LogP contribution in [-0.2, 0) is 20.8 Å². The molecule has 1 aromatic rings. The molecule has 24 heavy (non-hydrogen) atoms. The molecule has 3 aliphatic rings. The minimum Gasteiger partial charge on any atom is -0.380 e. The van der Waals surface area contributed by atoms with E-state index in [1.807, 2.05) is 23.2 Å². The van der Waals surface area contributed by atoms with Gasteiger partial charge in [-0.1, -0.05) is 6.07 Å². The first-order chi connectivity index (χ1) is 11.8. The van der Waals surface area contributed by atoms with Crippen LogP contribution in [0.1, 0.15) is 12.1 Å². The Hall–Kier alpha value is -1.50. The third-order valence-electron chi connectivity index (χ3n) is 5.57. The highest BCUT2D eigenvalue weighted by molar-refractivity contribution is 5.77. The lowest BCUT2D eigenvalue weighted by Gasteiger charge is -2.32. The van der Waals surface area contributed by atoms with E-state index in [-0.39, 0.29) is 11.3 Å². The number of nitrogens with zero attached hydrogens (tertiary/aromatic N) is 3. The molecule has 0 unspecified atom stereocenters. The molecule has 6 heteroatoms. The topological polar surface area (TPSA) is 54.9 Å². The Morgan fingerprint density at radius 1 is 1.29 bits per heavy atom. The van der Waals surface area contributed by atoms with Crippen molar-refractivity contribution in [3.05, 3.63) is 30.1 Å². The van der Waals surface area contributed by atoms with Gasteiger partial charge in [-0.15, -0.1) is 0 Å². The summed E-state index contributed by atoms with van der Waals surface area (Å²) in [6.07, 6.45) is 2.43. The van der Waals surface area contributed by atoms with Gasteiger partial charge < -0.3 is 14.4 Å². The zero-order chi connectivity index (χ0) is 16.4. The maximum Gasteiger partial charge on any atom is 0.223 e. The summed E-state index contributed by atoms with van der Waals surface area (Å²) in [5.74, 6) is 0.708. The second kappa shape index (κ2) is 6.78. The van der Waals surface area contributed by atoms with Crippen LogP contribution < -0.4 is 0 Å². The Morgan fingerprint density at radius 2 is 2.17 bits per heavy atom. The highest BCUT2D eigenvalue weighted by Crippen LogP contribution is 2.44. The Balaban J connectivity index is 1.41. The van der Waals surface area contributed by atoms with E-state index in [4.69, 9.17) is 9.47 Å². The van der Waals surface area contributed by atoms with Gasteiger partial charge in [-0.05, 0) is 12.1 Å². The first-order valence-electron chi connectivity index (χ1n) is 8.81. The minimum atomic E-state index is -0.0236. The van der Waals surface area contributed by atoms with Crippen LogP contribution in [0.4, 0.5) is 0 Å². The number of amides is 1. The number of likely N-dealkylation sites (tertiary alicyclic amines) is 1. The fourth-order valence-electron chi connectivity index (χ4n) is 4.26. The lowest BCUT2D eigenvalue weighted by Crippen LogP contribution is -2.44. The molecule has 1 amide bonds. The summed E-state index contributed by atoms with van der Waals surface area (Å²) in [6, 6.07) is 6.04. The molecule has 0 bridgehead atoms. The molecule has 0 aromatic carbocycles. The van der Waals surface area contributed by atoms with Crippen LogP contribution in [0.3, 0.4) is 0 Å². The molecule has 3 saturated heterocycles. The Bertz CT molecular complexity index is 576. The molecule has 2 atom stereocenters. The quantitative estimate of drug-likeness (QED) is 0.816. The van der Waals surface area contributed by atoms with Gasteiger partial charge in [-0.3, -0.25) is 14.7 Å². The molecule has 6 nitrogen and oxygen atoms in total. The summed E-state index contributed by atoms with van der Waals surface area (Å²) < 4.78 is 11.1. The Kier molecular flexibility index (Phi) is 4.52. The van der Waals surface area contributed by atoms with E-state index < -0.39 is 0 Å². The molecule has 4 heterocycles. The van der Waals surface area contributed by atoms with E-state index in [0.29, 0.717) is 32.2 Å². The van der Waals surface area contributed by atoms with Crippen molar-refractivity contribution in [1.29, 1.82) is 0 Å². The lowest BCUT2D eigenvalue weighted by molar-refractivity contribution is -0.138. The number of carbonyl (C=O) groups excluding carboxylic acids is 1. The molecule has 130 valence electrons. The maximum atomic E-state index is 12.7. The third kappa shape index (κ3) is 3.18. The number of ether oxygens (including phenoxy) is 2. The van der Waals surface area contributed by atoms with Crippen molar-refractivity contribution in [3.8, 4) is 0 Å². The summed E-state index contributed by atoms with van der Waals surface area (Å²) in [4.78, 5) is 21.6. The van der Waals surface area contributed by atoms with Crippen LogP contribution in [0.5, 0.6) is 0 Å². The van der Waals surface area contributed by atoms with Crippen LogP contribution in [-0.4, -0.2) is 73.3 Å². The molecule has 1 aromatic heterocycles. The highest BCUT2D eigenvalue weighted by Gasteiger charge is 2.51. The highest BCUT2D eigenvalue weighted by atomic mass is 16.5. The van der Waals surface area contributed by atoms with Gasteiger partial charge in [0.2, 0.25) is 5.91 Å². The van der Waals surface area contributed by atoms with Crippen molar-refractivity contribution < 1.29 is 14.3 Å². The van der Waals surface area contributed by atoms with Crippen molar-refractivity contribution in [3.63, 3.8) is 0 Å². The molecule has 4 rings (SSSR count). The predicted octanol–water partition coefficient (Wildman–Crippen LogP) is 0.779. The van der Waals surface area contributed by atoms with Crippen molar-refractivity contribution in [1.82, 2.24) is 14.8 Å². The number of hydrogen-bond donors (Lipinski definition) is 0. The summed E-state index contributed by atoms with van der Waals surface area (Å²) >= 11 is 0. The molecular weight excluding hydrogens is 306 g/mol. The Labute approximate surface area is 142 Å². The zero-order valence-electron chi connectivity index (χ0n) is 14.0. The van der Waals surface area contributed by atoms with Crippen LogP contribution in [0.15, 0.2) is 24.4 Å². The van der Waals surface area contributed by atoms with Crippen molar-refractivity contribution >= 4 is 5.91 Å². The summed E-state index contributed by atoms with van der Waals surface area (Å²) in [6.45, 7) is 6.99. The van der Waals surface area contributed by atoms with Gasteiger partial charge >= 0.3 is 0 Å². The van der Waals surface area contributed by atoms with E-state index in [1.54, 1.807) is 0 Å². The van der Waals surface area contributed by atoms with E-state index in [0.717, 1.165) is 45.0 Å². The number of carbonyl (C=O) groups is 1. The Morgan fingerprint density at radius 3 is 2.96 bits per heavy atom. The predicted molar refractivity (Wildman–Crippen MR) is 88.3 cm³/mol. The van der Waals surface area contributed by atoms with Crippen LogP contribution >= 0.6 is 0 Å². The van der Waals surface area contributed by atoms with Crippen LogP contribution in [0.2, 0.25) is 0 Å². The van der Waals surface area contributed by atoms with E-state index in [9.17, 15) is 4.79 Å². The van der Waals surface area contributed by atoms with Gasteiger partial charge in [0.15, 0.2) is 0 Å². The second-order valence-electron chi connectivity index (χ2n) is 7.24. The van der Waals surface area contributed by atoms with Crippen molar-refractivity contribution in [2.24, 2.45) is 11.3 Å². The molecule has 0 aliphatic carbocycles. The number of morpholine rings is 1. The molecule has 0 N–H and O–H groups in total. The molecule has 3 fully saturated rings. The monoisotopic (exact) mass is 331 g/mol. The number of hydrogen-bond acceptors (Lipinski definition) is 5. The van der Waals surface area contributed by atoms with E-state index in [1.165, 1.54) is 0 Å². The van der Waals surface area contributed by atoms with E-state index in [2.05, 4.69) is 16.0 Å². The van der Waals surface area contributed by atoms with Crippen molar-refractivity contribution in [2.45, 2.75) is 13.0 Å². The smallest absolute Gasteiger partial charge is 0.223 e. The maximum absolute atomic E-state index is 12.7. The SMILES string of the molecule is O=C(C[C@@]12COC[C@@H]1CN(Cc1ccccn1)C2)N1CCOCC1. The fraction of sp³-hybridized carbons (Fsp3) is 0.667. The molecule has 0 radical (unpaired) electrons. The van der Waals surface area contributed by atoms with Gasteiger partial charge in [0, 0.05) is 56.7 Å². The minimum absolute atomic E-state index is 0.0236. The summed E-state index contributed by atoms with van der Waals surface area (Å²) in [5.41, 5.74) is 1.07. The molecule has 0 spiro atoms. The average molecular weight is 331 g/mol. The first kappa shape index (κ1) is 16.0. The van der Waals surface area contributed by atoms with Crippen LogP contribution in [0, 0.1) is 11.3 Å². The van der Waals surface area contributed by atoms with Crippen LogP contribution in [0.25, 0.3) is 0 Å². The number of fused-ring (bicyclic) bond motifs is 1. The standard InChI is InChI=1S/C18H25N3O3/c22-17(21-5-7-23-8-6-21)9-18-13-20(10-15(18)12-24-14-18)11-16-3-1-2-4-19-16/h1-4,15H,5-14H2/t15-,18+/m0/s1. The molecule has 0 saturated carbocycles. The van der Waals surface area contributed by atoms with Crippen molar-refractivity contribution in [2.75, 3.05) is 52.6 Å². The summed E-state index contributed by atoms with van der Waals surface area (Å²) in [5, 5.41) is 0. The second-order valence-corrected chi connectivity index (χ2v) is 7.24.